The molecule has 1 aliphatic carbocycles. The van der Waals surface area contributed by atoms with Gasteiger partial charge in [-0.1, -0.05) is 39.5 Å². The van der Waals surface area contributed by atoms with E-state index >= 15 is 0 Å². The first-order valence-corrected chi connectivity index (χ1v) is 8.61. The Morgan fingerprint density at radius 1 is 1.29 bits per heavy atom. The maximum absolute atomic E-state index is 6.15. The summed E-state index contributed by atoms with van der Waals surface area (Å²) in [6.45, 7) is 7.55. The van der Waals surface area contributed by atoms with E-state index < -0.39 is 0 Å². The highest BCUT2D eigenvalue weighted by Crippen LogP contribution is 2.39. The number of aryl methyl sites for hydroxylation is 1. The number of hydrogen-bond acceptors (Lipinski definition) is 3. The minimum atomic E-state index is 0.366. The fraction of sp³-hybridized carbons (Fsp3) is 0.722. The molecule has 1 unspecified atom stereocenters. The number of rotatable bonds is 6. The molecule has 1 aliphatic rings. The van der Waals surface area contributed by atoms with Gasteiger partial charge in [-0.05, 0) is 49.8 Å². The topological polar surface area (TPSA) is 50.9 Å². The number of aromatic nitrogens is 1. The van der Waals surface area contributed by atoms with Gasteiger partial charge >= 0.3 is 0 Å². The fourth-order valence-corrected chi connectivity index (χ4v) is 3.82. The molecule has 0 spiro atoms. The first-order chi connectivity index (χ1) is 10.2. The van der Waals surface area contributed by atoms with Crippen molar-refractivity contribution in [2.75, 3.05) is 12.3 Å². The number of nitrogens with zero attached hydrogens (tertiary/aromatic N) is 1. The Hall–Kier alpha value is -1.09. The molecule has 0 aliphatic heterocycles. The van der Waals surface area contributed by atoms with Crippen LogP contribution in [-0.4, -0.2) is 11.5 Å². The van der Waals surface area contributed by atoms with Crippen LogP contribution < -0.4 is 11.1 Å². The Morgan fingerprint density at radius 2 is 2.00 bits per heavy atom. The first-order valence-electron chi connectivity index (χ1n) is 8.61. The van der Waals surface area contributed by atoms with Crippen molar-refractivity contribution < 1.29 is 0 Å². The van der Waals surface area contributed by atoms with E-state index in [0.717, 1.165) is 12.5 Å². The van der Waals surface area contributed by atoms with Gasteiger partial charge in [0.25, 0.3) is 0 Å². The van der Waals surface area contributed by atoms with Crippen LogP contribution in [0.3, 0.4) is 0 Å². The minimum absolute atomic E-state index is 0.366. The van der Waals surface area contributed by atoms with E-state index in [0.29, 0.717) is 17.8 Å². The second-order valence-corrected chi connectivity index (χ2v) is 6.59. The van der Waals surface area contributed by atoms with Crippen LogP contribution in [0.1, 0.15) is 69.5 Å². The van der Waals surface area contributed by atoms with Crippen LogP contribution in [0.15, 0.2) is 12.3 Å². The largest absolute Gasteiger partial charge is 0.383 e. The normalized spacial score (nSPS) is 24.0. The van der Waals surface area contributed by atoms with Gasteiger partial charge in [-0.15, -0.1) is 0 Å². The lowest BCUT2D eigenvalue weighted by molar-refractivity contribution is 0.216. The van der Waals surface area contributed by atoms with E-state index in [1.54, 1.807) is 0 Å². The van der Waals surface area contributed by atoms with Gasteiger partial charge in [-0.3, -0.25) is 0 Å². The lowest BCUT2D eigenvalue weighted by atomic mass is 9.75. The smallest absolute Gasteiger partial charge is 0.128 e. The van der Waals surface area contributed by atoms with Gasteiger partial charge in [0.2, 0.25) is 0 Å². The number of anilines is 1. The molecule has 0 radical (unpaired) electrons. The summed E-state index contributed by atoms with van der Waals surface area (Å²) >= 11 is 0. The van der Waals surface area contributed by atoms with E-state index in [9.17, 15) is 0 Å². The molecule has 1 saturated carbocycles. The van der Waals surface area contributed by atoms with E-state index in [1.165, 1.54) is 49.7 Å². The summed E-state index contributed by atoms with van der Waals surface area (Å²) < 4.78 is 0. The van der Waals surface area contributed by atoms with Crippen LogP contribution >= 0.6 is 0 Å². The number of hydrogen-bond donors (Lipinski definition) is 2. The molecule has 3 heteroatoms. The third kappa shape index (κ3) is 4.19. The molecule has 21 heavy (non-hydrogen) atoms. The predicted octanol–water partition coefficient (Wildman–Crippen LogP) is 4.23. The van der Waals surface area contributed by atoms with Gasteiger partial charge in [-0.2, -0.15) is 0 Å². The molecule has 1 aromatic rings. The summed E-state index contributed by atoms with van der Waals surface area (Å²) in [5.74, 6) is 2.34. The molecule has 1 aromatic heterocycles. The molecule has 118 valence electrons. The van der Waals surface area contributed by atoms with Gasteiger partial charge in [0, 0.05) is 17.8 Å². The van der Waals surface area contributed by atoms with Crippen molar-refractivity contribution in [1.82, 2.24) is 10.3 Å². The zero-order valence-corrected chi connectivity index (χ0v) is 13.9. The minimum Gasteiger partial charge on any atom is -0.383 e. The maximum atomic E-state index is 6.15. The van der Waals surface area contributed by atoms with E-state index in [-0.39, 0.29) is 0 Å². The quantitative estimate of drug-likeness (QED) is 0.824. The van der Waals surface area contributed by atoms with E-state index in [1.807, 2.05) is 6.20 Å². The van der Waals surface area contributed by atoms with Crippen molar-refractivity contribution in [2.24, 2.45) is 11.8 Å². The highest BCUT2D eigenvalue weighted by atomic mass is 14.9. The van der Waals surface area contributed by atoms with Crippen LogP contribution in [0, 0.1) is 18.8 Å². The fourth-order valence-electron chi connectivity index (χ4n) is 3.82. The number of pyridine rings is 1. The van der Waals surface area contributed by atoms with Gasteiger partial charge in [0.1, 0.15) is 5.82 Å². The molecular weight excluding hydrogens is 258 g/mol. The Morgan fingerprint density at radius 3 is 2.62 bits per heavy atom. The Labute approximate surface area is 129 Å². The Kier molecular flexibility index (Phi) is 6.04. The second kappa shape index (κ2) is 7.79. The van der Waals surface area contributed by atoms with Gasteiger partial charge in [0.15, 0.2) is 0 Å². The highest BCUT2D eigenvalue weighted by molar-refractivity contribution is 5.43. The van der Waals surface area contributed by atoms with Gasteiger partial charge in [-0.25, -0.2) is 4.98 Å². The van der Waals surface area contributed by atoms with Gasteiger partial charge in [0.05, 0.1) is 0 Å². The monoisotopic (exact) mass is 289 g/mol. The molecule has 0 saturated heterocycles. The summed E-state index contributed by atoms with van der Waals surface area (Å²) in [7, 11) is 0. The summed E-state index contributed by atoms with van der Waals surface area (Å²) in [6.07, 6.45) is 9.96. The Balaban J connectivity index is 2.11. The molecule has 0 amide bonds. The molecule has 1 heterocycles. The SMILES string of the molecule is CCCC1CCC(C(NCC)c2cc(C)cnc2N)CC1. The molecule has 3 nitrogen and oxygen atoms in total. The molecule has 1 fully saturated rings. The van der Waals surface area contributed by atoms with Crippen LogP contribution in [0.25, 0.3) is 0 Å². The molecular formula is C18H31N3. The third-order valence-corrected chi connectivity index (χ3v) is 4.91. The third-order valence-electron chi connectivity index (χ3n) is 4.91. The van der Waals surface area contributed by atoms with Gasteiger partial charge < -0.3 is 11.1 Å². The summed E-state index contributed by atoms with van der Waals surface area (Å²) in [5.41, 5.74) is 8.55. The molecule has 2 rings (SSSR count). The Bertz CT molecular complexity index is 436. The zero-order valence-electron chi connectivity index (χ0n) is 13.9. The van der Waals surface area contributed by atoms with E-state index in [2.05, 4.69) is 37.1 Å². The average molecular weight is 289 g/mol. The first kappa shape index (κ1) is 16.3. The zero-order chi connectivity index (χ0) is 15.2. The summed E-state index contributed by atoms with van der Waals surface area (Å²) in [6, 6.07) is 2.58. The number of nitrogens with two attached hydrogens (primary N) is 1. The molecule has 0 bridgehead atoms. The number of nitrogen functional groups attached to an aromatic ring is 1. The van der Waals surface area contributed by atoms with Crippen LogP contribution in [-0.2, 0) is 0 Å². The van der Waals surface area contributed by atoms with Crippen molar-refractivity contribution in [3.05, 3.63) is 23.4 Å². The molecule has 0 aromatic carbocycles. The lowest BCUT2D eigenvalue weighted by Crippen LogP contribution is -2.32. The van der Waals surface area contributed by atoms with Crippen LogP contribution in [0.2, 0.25) is 0 Å². The van der Waals surface area contributed by atoms with Crippen molar-refractivity contribution >= 4 is 5.82 Å². The van der Waals surface area contributed by atoms with E-state index in [4.69, 9.17) is 5.73 Å². The molecule has 1 atom stereocenters. The predicted molar refractivity (Wildman–Crippen MR) is 90.2 cm³/mol. The molecule has 3 N–H and O–H groups in total. The van der Waals surface area contributed by atoms with Crippen LogP contribution in [0.5, 0.6) is 0 Å². The average Bonchev–Trinajstić information content (AvgIpc) is 2.49. The van der Waals surface area contributed by atoms with Crippen molar-refractivity contribution in [1.29, 1.82) is 0 Å². The highest BCUT2D eigenvalue weighted by Gasteiger charge is 2.29. The maximum Gasteiger partial charge on any atom is 0.128 e. The summed E-state index contributed by atoms with van der Waals surface area (Å²) in [4.78, 5) is 4.36. The summed E-state index contributed by atoms with van der Waals surface area (Å²) in [5, 5.41) is 3.66. The van der Waals surface area contributed by atoms with Crippen molar-refractivity contribution in [2.45, 2.75) is 65.3 Å². The number of nitrogens with one attached hydrogen (secondary N) is 1. The van der Waals surface area contributed by atoms with Crippen molar-refractivity contribution in [3.63, 3.8) is 0 Å². The lowest BCUT2D eigenvalue weighted by Gasteiger charge is -2.35. The van der Waals surface area contributed by atoms with Crippen LogP contribution in [0.4, 0.5) is 5.82 Å². The van der Waals surface area contributed by atoms with Crippen molar-refractivity contribution in [3.8, 4) is 0 Å². The second-order valence-electron chi connectivity index (χ2n) is 6.59. The standard InChI is InChI=1S/C18H31N3/c1-4-6-14-7-9-15(10-8-14)17(20-5-2)16-11-13(3)12-21-18(16)19/h11-12,14-15,17,20H,4-10H2,1-3H3,(H2,19,21).